The van der Waals surface area contributed by atoms with E-state index in [2.05, 4.69) is 15.4 Å². The van der Waals surface area contributed by atoms with E-state index in [1.54, 1.807) is 12.3 Å². The smallest absolute Gasteiger partial charge is 0.387 e. The summed E-state index contributed by atoms with van der Waals surface area (Å²) >= 11 is 5.81. The minimum atomic E-state index is -2.96. The number of carbonyl (C=O) groups excluding carboxylic acids is 1. The molecule has 0 bridgehead atoms. The Morgan fingerprint density at radius 2 is 2.16 bits per heavy atom. The number of urea groups is 1. The van der Waals surface area contributed by atoms with Gasteiger partial charge in [-0.05, 0) is 36.8 Å². The Bertz CT molecular complexity index is 668. The second-order valence-electron chi connectivity index (χ2n) is 4.89. The summed E-state index contributed by atoms with van der Waals surface area (Å²) in [5, 5.41) is 5.16. The monoisotopic (exact) mass is 374 g/mol. The summed E-state index contributed by atoms with van der Waals surface area (Å²) in [6.07, 6.45) is 2.19. The van der Waals surface area contributed by atoms with Crippen LogP contribution in [0.15, 0.2) is 41.0 Å². The lowest BCUT2D eigenvalue weighted by Gasteiger charge is -2.10. The Labute approximate surface area is 148 Å². The number of anilines is 1. The lowest BCUT2D eigenvalue weighted by atomic mass is 10.3. The average Bonchev–Trinajstić information content (AvgIpc) is 3.06. The summed E-state index contributed by atoms with van der Waals surface area (Å²) < 4.78 is 39.0. The van der Waals surface area contributed by atoms with Gasteiger partial charge in [-0.15, -0.1) is 0 Å². The normalized spacial score (nSPS) is 10.7. The standard InChI is InChI=1S/C16H17ClF2N2O4/c17-13-9-11(4-5-14(13)25-15(18)19)21-16(22)20-6-2-7-23-10-12-3-1-8-24-12/h1,3-5,8-9,15H,2,6-7,10H2,(H2,20,21,22). The van der Waals surface area contributed by atoms with E-state index in [4.69, 9.17) is 20.8 Å². The second kappa shape index (κ2) is 9.85. The van der Waals surface area contributed by atoms with Crippen LogP contribution in [0.1, 0.15) is 12.2 Å². The van der Waals surface area contributed by atoms with Gasteiger partial charge in [0.05, 0.1) is 11.3 Å². The molecule has 0 fully saturated rings. The molecule has 2 amide bonds. The number of furan rings is 1. The molecule has 0 unspecified atom stereocenters. The van der Waals surface area contributed by atoms with Gasteiger partial charge in [-0.2, -0.15) is 8.78 Å². The van der Waals surface area contributed by atoms with Crippen LogP contribution in [-0.2, 0) is 11.3 Å². The molecule has 0 aliphatic rings. The van der Waals surface area contributed by atoms with E-state index >= 15 is 0 Å². The van der Waals surface area contributed by atoms with Crippen LogP contribution in [0, 0.1) is 0 Å². The molecule has 0 saturated heterocycles. The fourth-order valence-electron chi connectivity index (χ4n) is 1.89. The number of carbonyl (C=O) groups is 1. The van der Waals surface area contributed by atoms with E-state index in [0.29, 0.717) is 31.9 Å². The molecule has 0 radical (unpaired) electrons. The Balaban J connectivity index is 1.63. The number of rotatable bonds is 9. The van der Waals surface area contributed by atoms with Crippen LogP contribution in [-0.4, -0.2) is 25.8 Å². The van der Waals surface area contributed by atoms with Crippen LogP contribution < -0.4 is 15.4 Å². The lowest BCUT2D eigenvalue weighted by Crippen LogP contribution is -2.30. The molecule has 1 aromatic carbocycles. The van der Waals surface area contributed by atoms with E-state index < -0.39 is 12.6 Å². The summed E-state index contributed by atoms with van der Waals surface area (Å²) in [5.41, 5.74) is 0.359. The molecule has 2 N–H and O–H groups in total. The predicted octanol–water partition coefficient (Wildman–Crippen LogP) is 4.26. The van der Waals surface area contributed by atoms with Crippen molar-refractivity contribution in [1.82, 2.24) is 5.32 Å². The largest absolute Gasteiger partial charge is 0.467 e. The second-order valence-corrected chi connectivity index (χ2v) is 5.30. The zero-order chi connectivity index (χ0) is 18.1. The van der Waals surface area contributed by atoms with Crippen molar-refractivity contribution < 1.29 is 27.5 Å². The third-order valence-electron chi connectivity index (χ3n) is 2.98. The molecule has 1 heterocycles. The van der Waals surface area contributed by atoms with Crippen LogP contribution in [0.25, 0.3) is 0 Å². The van der Waals surface area contributed by atoms with Crippen molar-refractivity contribution in [2.24, 2.45) is 0 Å². The molecule has 0 aliphatic carbocycles. The topological polar surface area (TPSA) is 72.7 Å². The van der Waals surface area contributed by atoms with Crippen molar-refractivity contribution in [3.8, 4) is 5.75 Å². The van der Waals surface area contributed by atoms with Crippen molar-refractivity contribution in [1.29, 1.82) is 0 Å². The number of hydrogen-bond donors (Lipinski definition) is 2. The van der Waals surface area contributed by atoms with E-state index in [1.807, 2.05) is 6.07 Å². The van der Waals surface area contributed by atoms with Gasteiger partial charge in [0.2, 0.25) is 0 Å². The highest BCUT2D eigenvalue weighted by molar-refractivity contribution is 6.32. The molecule has 1 aromatic heterocycles. The molecule has 2 aromatic rings. The summed E-state index contributed by atoms with van der Waals surface area (Å²) in [7, 11) is 0. The minimum Gasteiger partial charge on any atom is -0.467 e. The zero-order valence-corrected chi connectivity index (χ0v) is 13.9. The minimum absolute atomic E-state index is 0.0237. The van der Waals surface area contributed by atoms with E-state index in [-0.39, 0.29) is 10.8 Å². The van der Waals surface area contributed by atoms with Gasteiger partial charge in [-0.3, -0.25) is 0 Å². The summed E-state index contributed by atoms with van der Waals surface area (Å²) in [4.78, 5) is 11.7. The number of alkyl halides is 2. The van der Waals surface area contributed by atoms with Crippen molar-refractivity contribution in [3.05, 3.63) is 47.4 Å². The number of benzene rings is 1. The maximum Gasteiger partial charge on any atom is 0.387 e. The first-order chi connectivity index (χ1) is 12.0. The van der Waals surface area contributed by atoms with Gasteiger partial charge >= 0.3 is 12.6 Å². The Morgan fingerprint density at radius 3 is 2.84 bits per heavy atom. The molecule has 0 spiro atoms. The highest BCUT2D eigenvalue weighted by atomic mass is 35.5. The number of hydrogen-bond acceptors (Lipinski definition) is 4. The first-order valence-electron chi connectivity index (χ1n) is 7.44. The maximum atomic E-state index is 12.1. The van der Waals surface area contributed by atoms with Crippen LogP contribution in [0.3, 0.4) is 0 Å². The summed E-state index contributed by atoms with van der Waals surface area (Å²) in [6, 6.07) is 7.15. The van der Waals surface area contributed by atoms with E-state index in [0.717, 1.165) is 5.76 Å². The van der Waals surface area contributed by atoms with Crippen LogP contribution in [0.4, 0.5) is 19.3 Å². The van der Waals surface area contributed by atoms with Gasteiger partial charge in [-0.25, -0.2) is 4.79 Å². The first-order valence-corrected chi connectivity index (χ1v) is 7.81. The first kappa shape index (κ1) is 19.0. The molecule has 0 saturated carbocycles. The molecular formula is C16H17ClF2N2O4. The molecular weight excluding hydrogens is 358 g/mol. The quantitative estimate of drug-likeness (QED) is 0.643. The maximum absolute atomic E-state index is 12.1. The van der Waals surface area contributed by atoms with Crippen molar-refractivity contribution >= 4 is 23.3 Å². The van der Waals surface area contributed by atoms with Gasteiger partial charge < -0.3 is 24.5 Å². The van der Waals surface area contributed by atoms with Crippen LogP contribution >= 0.6 is 11.6 Å². The number of halogens is 3. The Morgan fingerprint density at radius 1 is 1.32 bits per heavy atom. The number of nitrogens with one attached hydrogen (secondary N) is 2. The SMILES string of the molecule is O=C(NCCCOCc1ccco1)Nc1ccc(OC(F)F)c(Cl)c1. The molecule has 6 nitrogen and oxygen atoms in total. The number of ether oxygens (including phenoxy) is 2. The summed E-state index contributed by atoms with van der Waals surface area (Å²) in [6.45, 7) is -1.71. The average molecular weight is 375 g/mol. The fraction of sp³-hybridized carbons (Fsp3) is 0.312. The number of amides is 2. The van der Waals surface area contributed by atoms with Gasteiger partial charge in [0.15, 0.2) is 0 Å². The molecule has 136 valence electrons. The van der Waals surface area contributed by atoms with Crippen LogP contribution in [0.2, 0.25) is 5.02 Å². The van der Waals surface area contributed by atoms with E-state index in [9.17, 15) is 13.6 Å². The molecule has 0 aliphatic heterocycles. The fourth-order valence-corrected chi connectivity index (χ4v) is 2.11. The predicted molar refractivity (Wildman–Crippen MR) is 88.1 cm³/mol. The van der Waals surface area contributed by atoms with Gasteiger partial charge in [0, 0.05) is 18.8 Å². The zero-order valence-electron chi connectivity index (χ0n) is 13.1. The summed E-state index contributed by atoms with van der Waals surface area (Å²) in [5.74, 6) is 0.582. The van der Waals surface area contributed by atoms with Crippen LogP contribution in [0.5, 0.6) is 5.75 Å². The van der Waals surface area contributed by atoms with Crippen molar-refractivity contribution in [2.45, 2.75) is 19.6 Å². The molecule has 0 atom stereocenters. The van der Waals surface area contributed by atoms with E-state index in [1.165, 1.54) is 18.2 Å². The molecule has 25 heavy (non-hydrogen) atoms. The highest BCUT2D eigenvalue weighted by Crippen LogP contribution is 2.28. The van der Waals surface area contributed by atoms with Crippen molar-refractivity contribution in [2.75, 3.05) is 18.5 Å². The molecule has 2 rings (SSSR count). The van der Waals surface area contributed by atoms with Gasteiger partial charge in [0.1, 0.15) is 18.1 Å². The van der Waals surface area contributed by atoms with Crippen molar-refractivity contribution in [3.63, 3.8) is 0 Å². The van der Waals surface area contributed by atoms with Gasteiger partial charge in [-0.1, -0.05) is 11.6 Å². The lowest BCUT2D eigenvalue weighted by molar-refractivity contribution is -0.0497. The Kier molecular flexibility index (Phi) is 7.49. The third kappa shape index (κ3) is 6.98. The third-order valence-corrected chi connectivity index (χ3v) is 3.28. The highest BCUT2D eigenvalue weighted by Gasteiger charge is 2.10. The Hall–Kier alpha value is -2.32. The molecule has 9 heteroatoms. The van der Waals surface area contributed by atoms with Gasteiger partial charge in [0.25, 0.3) is 0 Å².